The molecule has 0 aliphatic heterocycles. The molecular weight excluding hydrogens is 426 g/mol. The molecule has 1 heterocycles. The average Bonchev–Trinajstić information content (AvgIpc) is 2.70. The second kappa shape index (κ2) is 9.32. The van der Waals surface area contributed by atoms with Crippen LogP contribution in [0.2, 0.25) is 5.02 Å². The van der Waals surface area contributed by atoms with Crippen LogP contribution in [0.1, 0.15) is 18.9 Å². The number of carbonyl (C=O) groups is 1. The summed E-state index contributed by atoms with van der Waals surface area (Å²) in [6, 6.07) is 12.0. The van der Waals surface area contributed by atoms with E-state index in [1.165, 1.54) is 0 Å². The number of pyridine rings is 1. The summed E-state index contributed by atoms with van der Waals surface area (Å²) >= 11 is 6.17. The maximum atomic E-state index is 12.4. The number of sulfonamides is 1. The standard InChI is InChI=1S/C21H22ClN3O4S/c1-3-12-30(27,28)25-18-8-4-7-17(14(18)2)24-20(26)13-29-19-10-9-16(22)15-6-5-11-23-21(15)19/h4-11,25H,3,12-13H2,1-2H3,(H,24,26). The lowest BCUT2D eigenvalue weighted by Crippen LogP contribution is -2.21. The predicted octanol–water partition coefficient (Wildman–Crippen LogP) is 4.37. The number of ether oxygens (including phenoxy) is 1. The zero-order valence-electron chi connectivity index (χ0n) is 16.6. The Morgan fingerprint density at radius 3 is 2.67 bits per heavy atom. The summed E-state index contributed by atoms with van der Waals surface area (Å²) in [7, 11) is -3.43. The summed E-state index contributed by atoms with van der Waals surface area (Å²) in [5.74, 6) is 0.0913. The van der Waals surface area contributed by atoms with Crippen LogP contribution in [0.5, 0.6) is 5.75 Å². The third-order valence-electron chi connectivity index (χ3n) is 4.38. The molecule has 2 N–H and O–H groups in total. The molecule has 158 valence electrons. The molecule has 30 heavy (non-hydrogen) atoms. The van der Waals surface area contributed by atoms with Crippen LogP contribution in [0.15, 0.2) is 48.7 Å². The number of rotatable bonds is 8. The number of hydrogen-bond donors (Lipinski definition) is 2. The number of carbonyl (C=O) groups excluding carboxylic acids is 1. The highest BCUT2D eigenvalue weighted by molar-refractivity contribution is 7.92. The van der Waals surface area contributed by atoms with Crippen LogP contribution in [-0.2, 0) is 14.8 Å². The van der Waals surface area contributed by atoms with E-state index in [4.69, 9.17) is 16.3 Å². The summed E-state index contributed by atoms with van der Waals surface area (Å²) < 4.78 is 32.3. The van der Waals surface area contributed by atoms with Gasteiger partial charge in [0.25, 0.3) is 5.91 Å². The lowest BCUT2D eigenvalue weighted by atomic mass is 10.1. The largest absolute Gasteiger partial charge is 0.481 e. The molecule has 2 aromatic carbocycles. The molecule has 0 aliphatic rings. The van der Waals surface area contributed by atoms with Crippen molar-refractivity contribution in [2.45, 2.75) is 20.3 Å². The molecule has 9 heteroatoms. The molecule has 0 saturated carbocycles. The van der Waals surface area contributed by atoms with Crippen LogP contribution in [0, 0.1) is 6.92 Å². The van der Waals surface area contributed by atoms with Gasteiger partial charge in [-0.15, -0.1) is 0 Å². The Labute approximate surface area is 180 Å². The summed E-state index contributed by atoms with van der Waals surface area (Å²) in [5.41, 5.74) is 2.11. The van der Waals surface area contributed by atoms with Gasteiger partial charge in [-0.1, -0.05) is 24.6 Å². The van der Waals surface area contributed by atoms with E-state index >= 15 is 0 Å². The summed E-state index contributed by atoms with van der Waals surface area (Å²) in [4.78, 5) is 16.7. The van der Waals surface area contributed by atoms with E-state index in [1.54, 1.807) is 56.4 Å². The lowest BCUT2D eigenvalue weighted by Gasteiger charge is -2.15. The first-order valence-corrected chi connectivity index (χ1v) is 11.4. The molecule has 0 spiro atoms. The molecule has 0 bridgehead atoms. The normalized spacial score (nSPS) is 11.3. The van der Waals surface area contributed by atoms with Crippen LogP contribution in [0.25, 0.3) is 10.9 Å². The van der Waals surface area contributed by atoms with Gasteiger partial charge in [0, 0.05) is 17.3 Å². The molecule has 0 fully saturated rings. The van der Waals surface area contributed by atoms with Crippen molar-refractivity contribution in [2.75, 3.05) is 22.4 Å². The molecule has 3 rings (SSSR count). The van der Waals surface area contributed by atoms with E-state index in [0.29, 0.717) is 39.6 Å². The molecular formula is C21H22ClN3O4S. The third kappa shape index (κ3) is 5.20. The minimum absolute atomic E-state index is 0.0277. The van der Waals surface area contributed by atoms with Crippen molar-refractivity contribution in [1.29, 1.82) is 0 Å². The van der Waals surface area contributed by atoms with Gasteiger partial charge in [-0.05, 0) is 55.3 Å². The maximum absolute atomic E-state index is 12.4. The maximum Gasteiger partial charge on any atom is 0.262 e. The zero-order valence-corrected chi connectivity index (χ0v) is 18.2. The first-order chi connectivity index (χ1) is 14.3. The number of halogens is 1. The van der Waals surface area contributed by atoms with E-state index in [1.807, 2.05) is 6.07 Å². The highest BCUT2D eigenvalue weighted by Crippen LogP contribution is 2.29. The number of hydrogen-bond acceptors (Lipinski definition) is 5. The highest BCUT2D eigenvalue weighted by Gasteiger charge is 2.14. The van der Waals surface area contributed by atoms with Crippen molar-refractivity contribution in [3.63, 3.8) is 0 Å². The molecule has 0 unspecified atom stereocenters. The van der Waals surface area contributed by atoms with Gasteiger partial charge in [0.05, 0.1) is 16.5 Å². The van der Waals surface area contributed by atoms with Crippen molar-refractivity contribution in [3.05, 3.63) is 59.2 Å². The fourth-order valence-electron chi connectivity index (χ4n) is 2.93. The third-order valence-corrected chi connectivity index (χ3v) is 6.19. The number of nitrogens with one attached hydrogen (secondary N) is 2. The Morgan fingerprint density at radius 2 is 1.90 bits per heavy atom. The molecule has 0 radical (unpaired) electrons. The summed E-state index contributed by atoms with van der Waals surface area (Å²) in [5, 5.41) is 4.04. The fourth-order valence-corrected chi connectivity index (χ4v) is 4.34. The Bertz CT molecular complexity index is 1180. The SMILES string of the molecule is CCCS(=O)(=O)Nc1cccc(NC(=O)COc2ccc(Cl)c3cccnc23)c1C. The van der Waals surface area contributed by atoms with E-state index < -0.39 is 10.0 Å². The number of aromatic nitrogens is 1. The van der Waals surface area contributed by atoms with Crippen molar-refractivity contribution >= 4 is 49.8 Å². The molecule has 0 aliphatic carbocycles. The molecule has 0 atom stereocenters. The smallest absolute Gasteiger partial charge is 0.262 e. The molecule has 3 aromatic rings. The van der Waals surface area contributed by atoms with Gasteiger partial charge in [0.1, 0.15) is 11.3 Å². The average molecular weight is 448 g/mol. The van der Waals surface area contributed by atoms with Gasteiger partial charge in [-0.2, -0.15) is 0 Å². The number of nitrogens with zero attached hydrogens (tertiary/aromatic N) is 1. The van der Waals surface area contributed by atoms with E-state index in [-0.39, 0.29) is 18.3 Å². The molecule has 0 saturated heterocycles. The zero-order chi connectivity index (χ0) is 21.7. The van der Waals surface area contributed by atoms with Gasteiger partial charge >= 0.3 is 0 Å². The minimum atomic E-state index is -3.43. The van der Waals surface area contributed by atoms with Crippen LogP contribution in [0.3, 0.4) is 0 Å². The van der Waals surface area contributed by atoms with Crippen molar-refractivity contribution in [2.24, 2.45) is 0 Å². The minimum Gasteiger partial charge on any atom is -0.481 e. The quantitative estimate of drug-likeness (QED) is 0.534. The Kier molecular flexibility index (Phi) is 6.79. The van der Waals surface area contributed by atoms with Crippen molar-refractivity contribution in [3.8, 4) is 5.75 Å². The highest BCUT2D eigenvalue weighted by atomic mass is 35.5. The van der Waals surface area contributed by atoms with Crippen molar-refractivity contribution < 1.29 is 17.9 Å². The second-order valence-electron chi connectivity index (χ2n) is 6.68. The number of fused-ring (bicyclic) bond motifs is 1. The van der Waals surface area contributed by atoms with Crippen LogP contribution >= 0.6 is 11.6 Å². The Morgan fingerprint density at radius 1 is 1.13 bits per heavy atom. The number of amides is 1. The first-order valence-electron chi connectivity index (χ1n) is 9.36. The Hall–Kier alpha value is -2.84. The number of benzene rings is 2. The number of anilines is 2. The van der Waals surface area contributed by atoms with Crippen LogP contribution < -0.4 is 14.8 Å². The van der Waals surface area contributed by atoms with E-state index in [2.05, 4.69) is 15.0 Å². The second-order valence-corrected chi connectivity index (χ2v) is 8.93. The van der Waals surface area contributed by atoms with Gasteiger partial charge < -0.3 is 10.1 Å². The molecule has 7 nitrogen and oxygen atoms in total. The van der Waals surface area contributed by atoms with Gasteiger partial charge in [0.2, 0.25) is 10.0 Å². The molecule has 1 aromatic heterocycles. The molecule has 1 amide bonds. The topological polar surface area (TPSA) is 97.4 Å². The van der Waals surface area contributed by atoms with Gasteiger partial charge in [0.15, 0.2) is 6.61 Å². The van der Waals surface area contributed by atoms with Gasteiger partial charge in [-0.3, -0.25) is 14.5 Å². The van der Waals surface area contributed by atoms with Crippen LogP contribution in [-0.4, -0.2) is 31.7 Å². The summed E-state index contributed by atoms with van der Waals surface area (Å²) in [6.07, 6.45) is 2.14. The fraction of sp³-hybridized carbons (Fsp3) is 0.238. The lowest BCUT2D eigenvalue weighted by molar-refractivity contribution is -0.118. The predicted molar refractivity (Wildman–Crippen MR) is 120 cm³/mol. The van der Waals surface area contributed by atoms with E-state index in [0.717, 1.165) is 5.39 Å². The Balaban J connectivity index is 1.70. The first kappa shape index (κ1) is 21.9. The van der Waals surface area contributed by atoms with Crippen molar-refractivity contribution in [1.82, 2.24) is 4.98 Å². The van der Waals surface area contributed by atoms with E-state index in [9.17, 15) is 13.2 Å². The van der Waals surface area contributed by atoms with Gasteiger partial charge in [-0.25, -0.2) is 8.42 Å². The monoisotopic (exact) mass is 447 g/mol. The summed E-state index contributed by atoms with van der Waals surface area (Å²) in [6.45, 7) is 3.29. The van der Waals surface area contributed by atoms with Crippen LogP contribution in [0.4, 0.5) is 11.4 Å².